The Kier molecular flexibility index (Phi) is 2.82. The zero-order valence-corrected chi connectivity index (χ0v) is 8.00. The van der Waals surface area contributed by atoms with Crippen molar-refractivity contribution in [2.75, 3.05) is 19.6 Å². The van der Waals surface area contributed by atoms with E-state index >= 15 is 0 Å². The fourth-order valence-electron chi connectivity index (χ4n) is 2.63. The lowest BCUT2D eigenvalue weighted by molar-refractivity contribution is 0.300. The van der Waals surface area contributed by atoms with Gasteiger partial charge in [-0.1, -0.05) is 0 Å². The molecule has 0 amide bonds. The molecule has 0 aromatic rings. The third-order valence-corrected chi connectivity index (χ3v) is 3.25. The van der Waals surface area contributed by atoms with Crippen LogP contribution in [0.5, 0.6) is 0 Å². The molecule has 0 saturated carbocycles. The topological polar surface area (TPSA) is 39.1 Å². The molecule has 0 aromatic heterocycles. The van der Waals surface area contributed by atoms with Crippen LogP contribution in [0, 0.1) is 11.3 Å². The van der Waals surface area contributed by atoms with Crippen molar-refractivity contribution < 1.29 is 0 Å². The normalized spacial score (nSPS) is 33.2. The number of hydrogen-bond donors (Lipinski definition) is 1. The molecule has 2 fully saturated rings. The van der Waals surface area contributed by atoms with E-state index in [1.54, 1.807) is 0 Å². The van der Waals surface area contributed by atoms with Crippen molar-refractivity contribution in [3.05, 3.63) is 0 Å². The fourth-order valence-corrected chi connectivity index (χ4v) is 2.63. The van der Waals surface area contributed by atoms with Gasteiger partial charge in [-0.3, -0.25) is 4.90 Å². The third kappa shape index (κ3) is 1.84. The van der Waals surface area contributed by atoms with Gasteiger partial charge in [-0.05, 0) is 25.8 Å². The average Bonchev–Trinajstić information content (AvgIpc) is 2.68. The van der Waals surface area contributed by atoms with E-state index in [1.165, 1.54) is 32.4 Å². The Balaban J connectivity index is 1.77. The van der Waals surface area contributed by atoms with Gasteiger partial charge in [0.2, 0.25) is 0 Å². The van der Waals surface area contributed by atoms with Crippen molar-refractivity contribution in [1.29, 1.82) is 5.26 Å². The van der Waals surface area contributed by atoms with Gasteiger partial charge in [-0.2, -0.15) is 5.26 Å². The van der Waals surface area contributed by atoms with Crippen molar-refractivity contribution in [2.45, 2.75) is 37.8 Å². The maximum atomic E-state index is 8.43. The number of hydrogen-bond acceptors (Lipinski definition) is 3. The van der Waals surface area contributed by atoms with Crippen LogP contribution >= 0.6 is 0 Å². The first-order chi connectivity index (χ1) is 6.42. The molecule has 0 aliphatic carbocycles. The van der Waals surface area contributed by atoms with Gasteiger partial charge in [0.05, 0.1) is 6.07 Å². The van der Waals surface area contributed by atoms with Crippen LogP contribution in [0.1, 0.15) is 25.7 Å². The quantitative estimate of drug-likeness (QED) is 0.649. The minimum atomic E-state index is 0.642. The lowest BCUT2D eigenvalue weighted by Crippen LogP contribution is -2.39. The number of nitrogens with one attached hydrogen (secondary N) is 1. The molecule has 2 aliphatic rings. The van der Waals surface area contributed by atoms with Crippen molar-refractivity contribution in [3.8, 4) is 6.07 Å². The second kappa shape index (κ2) is 4.08. The summed E-state index contributed by atoms with van der Waals surface area (Å²) in [6, 6.07) is 3.61. The van der Waals surface area contributed by atoms with Gasteiger partial charge in [-0.25, -0.2) is 0 Å². The van der Waals surface area contributed by atoms with Crippen LogP contribution < -0.4 is 5.32 Å². The van der Waals surface area contributed by atoms with Crippen molar-refractivity contribution in [1.82, 2.24) is 10.2 Å². The van der Waals surface area contributed by atoms with Gasteiger partial charge >= 0.3 is 0 Å². The molecule has 2 atom stereocenters. The highest BCUT2D eigenvalue weighted by molar-refractivity contribution is 4.95. The zero-order chi connectivity index (χ0) is 9.10. The first kappa shape index (κ1) is 8.98. The predicted octanol–water partition coefficient (Wildman–Crippen LogP) is 0.726. The summed E-state index contributed by atoms with van der Waals surface area (Å²) in [6.07, 6.45) is 4.63. The number of nitriles is 1. The molecule has 2 heterocycles. The van der Waals surface area contributed by atoms with E-state index < -0.39 is 0 Å². The van der Waals surface area contributed by atoms with Crippen LogP contribution in [0.15, 0.2) is 0 Å². The number of rotatable bonds is 3. The summed E-state index contributed by atoms with van der Waals surface area (Å²) >= 11 is 0. The summed E-state index contributed by atoms with van der Waals surface area (Å²) in [6.45, 7) is 3.42. The van der Waals surface area contributed by atoms with Crippen LogP contribution in [0.2, 0.25) is 0 Å². The van der Waals surface area contributed by atoms with Gasteiger partial charge in [0.25, 0.3) is 0 Å². The second-order valence-corrected chi connectivity index (χ2v) is 4.00. The summed E-state index contributed by atoms with van der Waals surface area (Å²) in [4.78, 5) is 2.59. The molecule has 0 spiro atoms. The molecule has 2 saturated heterocycles. The second-order valence-electron chi connectivity index (χ2n) is 4.00. The molecule has 3 nitrogen and oxygen atoms in total. The van der Waals surface area contributed by atoms with Gasteiger partial charge in [-0.15, -0.1) is 0 Å². The van der Waals surface area contributed by atoms with Crippen molar-refractivity contribution in [2.24, 2.45) is 0 Å². The first-order valence-electron chi connectivity index (χ1n) is 5.26. The SMILES string of the molecule is N#CCCNC1CCN2CCCC12. The summed E-state index contributed by atoms with van der Waals surface area (Å²) in [7, 11) is 0. The molecule has 72 valence electrons. The van der Waals surface area contributed by atoms with Crippen LogP contribution in [0.25, 0.3) is 0 Å². The average molecular weight is 179 g/mol. The molecule has 3 heteroatoms. The molecule has 2 aliphatic heterocycles. The number of nitrogens with zero attached hydrogens (tertiary/aromatic N) is 2. The third-order valence-electron chi connectivity index (χ3n) is 3.25. The Morgan fingerprint density at radius 3 is 3.15 bits per heavy atom. The van der Waals surface area contributed by atoms with Crippen LogP contribution in [0.4, 0.5) is 0 Å². The van der Waals surface area contributed by atoms with E-state index in [4.69, 9.17) is 5.26 Å². The molecule has 0 aromatic carbocycles. The highest BCUT2D eigenvalue weighted by atomic mass is 15.2. The van der Waals surface area contributed by atoms with E-state index in [2.05, 4.69) is 16.3 Å². The van der Waals surface area contributed by atoms with E-state index in [0.29, 0.717) is 12.5 Å². The van der Waals surface area contributed by atoms with E-state index in [1.807, 2.05) is 0 Å². The molecule has 0 radical (unpaired) electrons. The largest absolute Gasteiger partial charge is 0.311 e. The summed E-state index contributed by atoms with van der Waals surface area (Å²) in [5.74, 6) is 0. The van der Waals surface area contributed by atoms with E-state index in [0.717, 1.165) is 12.6 Å². The minimum absolute atomic E-state index is 0.642. The zero-order valence-electron chi connectivity index (χ0n) is 8.00. The maximum Gasteiger partial charge on any atom is 0.0635 e. The minimum Gasteiger partial charge on any atom is -0.311 e. The smallest absolute Gasteiger partial charge is 0.0635 e. The lowest BCUT2D eigenvalue weighted by atomic mass is 10.1. The molecular formula is C10H17N3. The molecular weight excluding hydrogens is 162 g/mol. The molecule has 13 heavy (non-hydrogen) atoms. The van der Waals surface area contributed by atoms with Gasteiger partial charge in [0, 0.05) is 31.6 Å². The maximum absolute atomic E-state index is 8.43. The Labute approximate surface area is 79.7 Å². The Bertz CT molecular complexity index is 209. The highest BCUT2D eigenvalue weighted by Gasteiger charge is 2.36. The summed E-state index contributed by atoms with van der Waals surface area (Å²) in [5, 5.41) is 11.9. The predicted molar refractivity (Wildman–Crippen MR) is 51.2 cm³/mol. The molecule has 2 rings (SSSR count). The standard InChI is InChI=1S/C10H17N3/c11-5-2-6-12-9-4-8-13-7-1-3-10(9)13/h9-10,12H,1-4,6-8H2. The van der Waals surface area contributed by atoms with Gasteiger partial charge < -0.3 is 5.32 Å². The van der Waals surface area contributed by atoms with E-state index in [9.17, 15) is 0 Å². The Morgan fingerprint density at radius 2 is 2.31 bits per heavy atom. The highest BCUT2D eigenvalue weighted by Crippen LogP contribution is 2.27. The van der Waals surface area contributed by atoms with Crippen LogP contribution in [-0.2, 0) is 0 Å². The van der Waals surface area contributed by atoms with Crippen LogP contribution in [0.3, 0.4) is 0 Å². The number of fused-ring (bicyclic) bond motifs is 1. The molecule has 0 bridgehead atoms. The first-order valence-corrected chi connectivity index (χ1v) is 5.26. The Hall–Kier alpha value is -0.590. The summed E-state index contributed by atoms with van der Waals surface area (Å²) in [5.41, 5.74) is 0. The van der Waals surface area contributed by atoms with Crippen molar-refractivity contribution >= 4 is 0 Å². The van der Waals surface area contributed by atoms with Crippen LogP contribution in [-0.4, -0.2) is 36.6 Å². The Morgan fingerprint density at radius 1 is 1.38 bits per heavy atom. The fraction of sp³-hybridized carbons (Fsp3) is 0.900. The lowest BCUT2D eigenvalue weighted by Gasteiger charge is -2.20. The monoisotopic (exact) mass is 179 g/mol. The summed E-state index contributed by atoms with van der Waals surface area (Å²) < 4.78 is 0. The van der Waals surface area contributed by atoms with Crippen molar-refractivity contribution in [3.63, 3.8) is 0 Å². The van der Waals surface area contributed by atoms with E-state index in [-0.39, 0.29) is 0 Å². The molecule has 2 unspecified atom stereocenters. The van der Waals surface area contributed by atoms with Gasteiger partial charge in [0.1, 0.15) is 0 Å². The van der Waals surface area contributed by atoms with Gasteiger partial charge in [0.15, 0.2) is 0 Å². The molecule has 1 N–H and O–H groups in total.